The van der Waals surface area contributed by atoms with Gasteiger partial charge in [-0.2, -0.15) is 15.3 Å². The molecule has 0 bridgehead atoms. The molecule has 11 nitrogen and oxygen atoms in total. The van der Waals surface area contributed by atoms with Crippen molar-refractivity contribution in [3.8, 4) is 22.9 Å². The van der Waals surface area contributed by atoms with Crippen molar-refractivity contribution in [3.05, 3.63) is 35.7 Å². The molecule has 0 saturated carbocycles. The standard InChI is InChI=1S/C21H27N9O2/c1-4-29-18(9-13(2)27-29)21-24-20(25-26-21)15-10-14(19(22)32)11-17-16(15)12-23-30(17)6-5-28(3)7-8-31/h9-12,31H,4-8H2,1-3H3,(H2,22,32)(H,24,25,26). The van der Waals surface area contributed by atoms with Crippen LogP contribution in [-0.2, 0) is 13.1 Å². The molecule has 0 unspecified atom stereocenters. The number of rotatable bonds is 9. The van der Waals surface area contributed by atoms with Crippen LogP contribution in [0.3, 0.4) is 0 Å². The number of carbonyl (C=O) groups excluding carboxylic acids is 1. The highest BCUT2D eigenvalue weighted by Crippen LogP contribution is 2.29. The largest absolute Gasteiger partial charge is 0.395 e. The van der Waals surface area contributed by atoms with Crippen molar-refractivity contribution in [2.45, 2.75) is 26.9 Å². The lowest BCUT2D eigenvalue weighted by atomic mass is 10.0. The number of aryl methyl sites for hydroxylation is 2. The number of aliphatic hydroxyl groups excluding tert-OH is 1. The summed E-state index contributed by atoms with van der Waals surface area (Å²) in [4.78, 5) is 18.7. The van der Waals surface area contributed by atoms with Crippen molar-refractivity contribution < 1.29 is 9.90 Å². The molecule has 4 N–H and O–H groups in total. The van der Waals surface area contributed by atoms with E-state index < -0.39 is 5.91 Å². The van der Waals surface area contributed by atoms with E-state index in [2.05, 4.69) is 25.4 Å². The van der Waals surface area contributed by atoms with Gasteiger partial charge in [-0.05, 0) is 39.1 Å². The van der Waals surface area contributed by atoms with Crippen molar-refractivity contribution in [1.82, 2.24) is 39.6 Å². The van der Waals surface area contributed by atoms with Gasteiger partial charge in [0, 0.05) is 36.1 Å². The minimum absolute atomic E-state index is 0.0932. The van der Waals surface area contributed by atoms with Gasteiger partial charge in [0.2, 0.25) is 5.91 Å². The Balaban J connectivity index is 1.75. The summed E-state index contributed by atoms with van der Waals surface area (Å²) in [6, 6.07) is 5.39. The maximum absolute atomic E-state index is 12.0. The van der Waals surface area contributed by atoms with E-state index in [9.17, 15) is 4.79 Å². The highest BCUT2D eigenvalue weighted by atomic mass is 16.3. The van der Waals surface area contributed by atoms with Crippen LogP contribution >= 0.6 is 0 Å². The number of amides is 1. The number of benzene rings is 1. The summed E-state index contributed by atoms with van der Waals surface area (Å²) < 4.78 is 3.68. The van der Waals surface area contributed by atoms with Crippen LogP contribution in [-0.4, -0.2) is 77.4 Å². The molecule has 4 rings (SSSR count). The molecule has 0 saturated heterocycles. The highest BCUT2D eigenvalue weighted by molar-refractivity contribution is 6.02. The second-order valence-corrected chi connectivity index (χ2v) is 7.71. The average Bonchev–Trinajstić information content (AvgIpc) is 3.49. The summed E-state index contributed by atoms with van der Waals surface area (Å²) in [5.74, 6) is 0.512. The van der Waals surface area contributed by atoms with Crippen molar-refractivity contribution >= 4 is 16.8 Å². The van der Waals surface area contributed by atoms with E-state index in [4.69, 9.17) is 10.8 Å². The summed E-state index contributed by atoms with van der Waals surface area (Å²) in [6.45, 7) is 6.60. The molecule has 11 heteroatoms. The van der Waals surface area contributed by atoms with Gasteiger partial charge < -0.3 is 15.7 Å². The summed E-state index contributed by atoms with van der Waals surface area (Å²) in [6.07, 6.45) is 1.75. The summed E-state index contributed by atoms with van der Waals surface area (Å²) >= 11 is 0. The van der Waals surface area contributed by atoms with Crippen LogP contribution in [0.4, 0.5) is 0 Å². The maximum atomic E-state index is 12.0. The summed E-state index contributed by atoms with van der Waals surface area (Å²) in [7, 11) is 1.93. The fraction of sp³-hybridized carbons (Fsp3) is 0.381. The predicted octanol–water partition coefficient (Wildman–Crippen LogP) is 1.04. The third-order valence-corrected chi connectivity index (χ3v) is 5.39. The first-order valence-electron chi connectivity index (χ1n) is 10.5. The van der Waals surface area contributed by atoms with Crippen molar-refractivity contribution in [2.24, 2.45) is 5.73 Å². The van der Waals surface area contributed by atoms with Gasteiger partial charge >= 0.3 is 0 Å². The number of likely N-dealkylation sites (N-methyl/N-ethyl adjacent to an activating group) is 1. The number of hydrogen-bond acceptors (Lipinski definition) is 7. The number of aromatic nitrogens is 7. The fourth-order valence-electron chi connectivity index (χ4n) is 3.70. The molecule has 1 aromatic carbocycles. The van der Waals surface area contributed by atoms with E-state index in [1.165, 1.54) is 0 Å². The quantitative estimate of drug-likeness (QED) is 0.355. The van der Waals surface area contributed by atoms with Crippen LogP contribution in [0.5, 0.6) is 0 Å². The number of hydrogen-bond donors (Lipinski definition) is 3. The van der Waals surface area contributed by atoms with Crippen LogP contribution in [0.25, 0.3) is 33.8 Å². The molecule has 0 spiro atoms. The molecule has 168 valence electrons. The second-order valence-electron chi connectivity index (χ2n) is 7.71. The Morgan fingerprint density at radius 2 is 2.06 bits per heavy atom. The number of nitrogens with one attached hydrogen (secondary N) is 1. The molecular formula is C21H27N9O2. The van der Waals surface area contributed by atoms with E-state index in [0.717, 1.165) is 22.3 Å². The van der Waals surface area contributed by atoms with Gasteiger partial charge in [0.1, 0.15) is 5.69 Å². The van der Waals surface area contributed by atoms with Crippen LogP contribution in [0.1, 0.15) is 23.0 Å². The topological polar surface area (TPSA) is 144 Å². The summed E-state index contributed by atoms with van der Waals surface area (Å²) in [5, 5.41) is 26.3. The number of aliphatic hydroxyl groups is 1. The minimum Gasteiger partial charge on any atom is -0.395 e. The number of nitrogens with zero attached hydrogens (tertiary/aromatic N) is 7. The van der Waals surface area contributed by atoms with E-state index in [1.807, 2.05) is 41.2 Å². The van der Waals surface area contributed by atoms with Gasteiger partial charge in [-0.25, -0.2) is 4.98 Å². The third kappa shape index (κ3) is 4.12. The van der Waals surface area contributed by atoms with Crippen molar-refractivity contribution in [2.75, 3.05) is 26.7 Å². The minimum atomic E-state index is -0.534. The molecule has 3 aromatic heterocycles. The first-order valence-corrected chi connectivity index (χ1v) is 10.5. The first kappa shape index (κ1) is 21.7. The van der Waals surface area contributed by atoms with Gasteiger partial charge in [-0.3, -0.25) is 19.3 Å². The molecule has 0 aliphatic heterocycles. The Hall–Kier alpha value is -3.57. The Bertz CT molecular complexity index is 1250. The molecule has 3 heterocycles. The monoisotopic (exact) mass is 437 g/mol. The van der Waals surface area contributed by atoms with Crippen molar-refractivity contribution in [1.29, 1.82) is 0 Å². The SMILES string of the molecule is CCn1nc(C)cc1-c1nc(-c2cc(C(N)=O)cc3c2cnn3CCN(C)CCO)n[nH]1. The fourth-order valence-corrected chi connectivity index (χ4v) is 3.70. The molecule has 0 radical (unpaired) electrons. The highest BCUT2D eigenvalue weighted by Gasteiger charge is 2.18. The number of aromatic amines is 1. The second kappa shape index (κ2) is 8.89. The third-order valence-electron chi connectivity index (χ3n) is 5.39. The number of primary amides is 1. The lowest BCUT2D eigenvalue weighted by molar-refractivity contribution is 0.100. The number of H-pyrrole nitrogens is 1. The Morgan fingerprint density at radius 1 is 1.25 bits per heavy atom. The predicted molar refractivity (Wildman–Crippen MR) is 120 cm³/mol. The first-order chi connectivity index (χ1) is 15.4. The summed E-state index contributed by atoms with van der Waals surface area (Å²) in [5.41, 5.74) is 9.15. The lowest BCUT2D eigenvalue weighted by Crippen LogP contribution is -2.26. The van der Waals surface area contributed by atoms with Gasteiger partial charge in [-0.15, -0.1) is 0 Å². The molecule has 1 amide bonds. The maximum Gasteiger partial charge on any atom is 0.248 e. The zero-order valence-electron chi connectivity index (χ0n) is 18.4. The average molecular weight is 438 g/mol. The van der Waals surface area contributed by atoms with Crippen LogP contribution in [0.2, 0.25) is 0 Å². The Kier molecular flexibility index (Phi) is 6.01. The molecule has 4 aromatic rings. The van der Waals surface area contributed by atoms with Gasteiger partial charge in [0.25, 0.3) is 0 Å². The van der Waals surface area contributed by atoms with E-state index >= 15 is 0 Å². The Labute approximate surface area is 184 Å². The molecule has 0 aliphatic carbocycles. The molecule has 0 fully saturated rings. The van der Waals surface area contributed by atoms with Gasteiger partial charge in [0.05, 0.1) is 30.6 Å². The zero-order valence-corrected chi connectivity index (χ0v) is 18.4. The van der Waals surface area contributed by atoms with Crippen molar-refractivity contribution in [3.63, 3.8) is 0 Å². The smallest absolute Gasteiger partial charge is 0.248 e. The molecule has 0 atom stereocenters. The van der Waals surface area contributed by atoms with E-state index in [-0.39, 0.29) is 6.61 Å². The molecule has 32 heavy (non-hydrogen) atoms. The van der Waals surface area contributed by atoms with E-state index in [0.29, 0.717) is 49.0 Å². The molecular weight excluding hydrogens is 410 g/mol. The number of fused-ring (bicyclic) bond motifs is 1. The van der Waals surface area contributed by atoms with Gasteiger partial charge in [0.15, 0.2) is 11.6 Å². The lowest BCUT2D eigenvalue weighted by Gasteiger charge is -2.15. The normalized spacial score (nSPS) is 11.7. The van der Waals surface area contributed by atoms with Gasteiger partial charge in [-0.1, -0.05) is 0 Å². The van der Waals surface area contributed by atoms with Crippen LogP contribution < -0.4 is 5.73 Å². The van der Waals surface area contributed by atoms with E-state index in [1.54, 1.807) is 18.3 Å². The Morgan fingerprint density at radius 3 is 2.78 bits per heavy atom. The number of carbonyl (C=O) groups is 1. The van der Waals surface area contributed by atoms with Crippen LogP contribution in [0.15, 0.2) is 24.4 Å². The number of nitrogens with two attached hydrogens (primary N) is 1. The van der Waals surface area contributed by atoms with Crippen LogP contribution in [0, 0.1) is 6.92 Å². The zero-order chi connectivity index (χ0) is 22.8. The molecule has 0 aliphatic rings.